The van der Waals surface area contributed by atoms with Crippen molar-refractivity contribution in [3.63, 3.8) is 0 Å². The average molecular weight is 381 g/mol. The Hall–Kier alpha value is -2.64. The third kappa shape index (κ3) is 9.03. The molecule has 0 aliphatic heterocycles. The summed E-state index contributed by atoms with van der Waals surface area (Å²) in [6.07, 6.45) is 5.18. The van der Waals surface area contributed by atoms with Gasteiger partial charge in [-0.2, -0.15) is 0 Å². The Morgan fingerprint density at radius 2 is 1.70 bits per heavy atom. The van der Waals surface area contributed by atoms with Crippen LogP contribution in [0.4, 0.5) is 5.69 Å². The first-order chi connectivity index (χ1) is 13.0. The Morgan fingerprint density at radius 1 is 1.04 bits per heavy atom. The summed E-state index contributed by atoms with van der Waals surface area (Å²) in [7, 11) is 1.34. The van der Waals surface area contributed by atoms with E-state index in [-0.39, 0.29) is 30.9 Å². The third-order valence-corrected chi connectivity index (χ3v) is 3.88. The second kappa shape index (κ2) is 12.7. The van der Waals surface area contributed by atoms with E-state index in [1.807, 2.05) is 0 Å². The average Bonchev–Trinajstić information content (AvgIpc) is 2.67. The molecule has 150 valence electrons. The lowest BCUT2D eigenvalue weighted by Gasteiger charge is -2.07. The number of nitro benzene ring substituents is 1. The fourth-order valence-electron chi connectivity index (χ4n) is 2.37. The molecule has 0 aromatic heterocycles. The van der Waals surface area contributed by atoms with Gasteiger partial charge in [-0.15, -0.1) is 0 Å². The first-order valence-corrected chi connectivity index (χ1v) is 9.10. The zero-order valence-corrected chi connectivity index (χ0v) is 15.9. The molecule has 0 spiro atoms. The van der Waals surface area contributed by atoms with Crippen LogP contribution in [0.3, 0.4) is 0 Å². The Kier molecular flexibility index (Phi) is 10.5. The first kappa shape index (κ1) is 22.4. The number of carbonyl (C=O) groups is 2. The molecule has 8 heteroatoms. The van der Waals surface area contributed by atoms with Crippen molar-refractivity contribution >= 4 is 17.6 Å². The summed E-state index contributed by atoms with van der Waals surface area (Å²) in [5.41, 5.74) is 0.263. The highest BCUT2D eigenvalue weighted by molar-refractivity contribution is 5.77. The van der Waals surface area contributed by atoms with Gasteiger partial charge in [-0.1, -0.05) is 38.7 Å². The molecule has 0 aliphatic carbocycles. The number of unbranched alkanes of at least 4 members (excludes halogenated alkanes) is 4. The molecule has 0 fully saturated rings. The molecule has 0 saturated carbocycles. The lowest BCUT2D eigenvalue weighted by Crippen LogP contribution is -2.11. The van der Waals surface area contributed by atoms with E-state index in [9.17, 15) is 19.7 Å². The number of nitro groups is 1. The molecule has 0 atom stereocenters. The number of esters is 2. The van der Waals surface area contributed by atoms with Crippen LogP contribution >= 0.6 is 0 Å². The SMILES string of the molecule is CCCCCCCOC(=O)CCC(=O)OCc1ccc(OC)c([N+](=O)[O-])c1. The monoisotopic (exact) mass is 381 g/mol. The van der Waals surface area contributed by atoms with Crippen LogP contribution in [0.15, 0.2) is 18.2 Å². The maximum absolute atomic E-state index is 11.7. The highest BCUT2D eigenvalue weighted by Gasteiger charge is 2.16. The number of nitrogens with zero attached hydrogens (tertiary/aromatic N) is 1. The first-order valence-electron chi connectivity index (χ1n) is 9.10. The zero-order valence-electron chi connectivity index (χ0n) is 15.9. The topological polar surface area (TPSA) is 105 Å². The molecule has 8 nitrogen and oxygen atoms in total. The van der Waals surface area contributed by atoms with Crippen LogP contribution in [0, 0.1) is 10.1 Å². The maximum atomic E-state index is 11.7. The second-order valence-corrected chi connectivity index (χ2v) is 6.06. The van der Waals surface area contributed by atoms with Gasteiger partial charge in [-0.05, 0) is 18.1 Å². The Morgan fingerprint density at radius 3 is 2.33 bits per heavy atom. The van der Waals surface area contributed by atoms with Gasteiger partial charge in [0.15, 0.2) is 5.75 Å². The molecule has 0 N–H and O–H groups in total. The van der Waals surface area contributed by atoms with E-state index in [1.165, 1.54) is 25.7 Å². The van der Waals surface area contributed by atoms with Crippen LogP contribution in [0.25, 0.3) is 0 Å². The molecule has 1 rings (SSSR count). The van der Waals surface area contributed by atoms with Gasteiger partial charge >= 0.3 is 17.6 Å². The summed E-state index contributed by atoms with van der Waals surface area (Å²) in [6, 6.07) is 4.31. The standard InChI is InChI=1S/C19H27NO7/c1-3-4-5-6-7-12-26-18(21)10-11-19(22)27-14-15-8-9-17(25-2)16(13-15)20(23)24/h8-9,13H,3-7,10-12,14H2,1-2H3. The van der Waals surface area contributed by atoms with Crippen molar-refractivity contribution in [2.45, 2.75) is 58.5 Å². The number of carbonyl (C=O) groups excluding carboxylic acids is 2. The number of rotatable bonds is 13. The quantitative estimate of drug-likeness (QED) is 0.220. The Labute approximate surface area is 158 Å². The summed E-state index contributed by atoms with van der Waals surface area (Å²) in [4.78, 5) is 33.7. The van der Waals surface area contributed by atoms with Crippen molar-refractivity contribution in [3.8, 4) is 5.75 Å². The van der Waals surface area contributed by atoms with Gasteiger partial charge in [-0.3, -0.25) is 19.7 Å². The second-order valence-electron chi connectivity index (χ2n) is 6.06. The lowest BCUT2D eigenvalue weighted by atomic mass is 10.2. The van der Waals surface area contributed by atoms with Crippen LogP contribution < -0.4 is 4.74 Å². The van der Waals surface area contributed by atoms with E-state index in [2.05, 4.69) is 6.92 Å². The van der Waals surface area contributed by atoms with Gasteiger partial charge in [0.05, 0.1) is 31.5 Å². The predicted octanol–water partition coefficient (Wildman–Crippen LogP) is 3.94. The smallest absolute Gasteiger partial charge is 0.311 e. The molecule has 0 unspecified atom stereocenters. The summed E-state index contributed by atoms with van der Waals surface area (Å²) < 4.78 is 15.0. The zero-order chi connectivity index (χ0) is 20.1. The van der Waals surface area contributed by atoms with Gasteiger partial charge in [0, 0.05) is 6.07 Å². The molecule has 0 amide bonds. The fourth-order valence-corrected chi connectivity index (χ4v) is 2.37. The summed E-state index contributed by atoms with van der Waals surface area (Å²) in [5.74, 6) is -0.858. The number of hydrogen-bond acceptors (Lipinski definition) is 7. The van der Waals surface area contributed by atoms with Gasteiger partial charge < -0.3 is 14.2 Å². The molecule has 0 bridgehead atoms. The largest absolute Gasteiger partial charge is 0.490 e. The minimum Gasteiger partial charge on any atom is -0.490 e. The van der Waals surface area contributed by atoms with E-state index in [4.69, 9.17) is 14.2 Å². The van der Waals surface area contributed by atoms with Crippen LogP contribution in [-0.2, 0) is 25.7 Å². The van der Waals surface area contributed by atoms with Gasteiger partial charge in [0.25, 0.3) is 0 Å². The fraction of sp³-hybridized carbons (Fsp3) is 0.579. The van der Waals surface area contributed by atoms with E-state index in [0.29, 0.717) is 12.2 Å². The molecule has 1 aromatic carbocycles. The number of benzene rings is 1. The maximum Gasteiger partial charge on any atom is 0.311 e. The minimum atomic E-state index is -0.567. The third-order valence-electron chi connectivity index (χ3n) is 3.88. The number of ether oxygens (including phenoxy) is 3. The molecular formula is C19H27NO7. The van der Waals surface area contributed by atoms with Crippen molar-refractivity contribution in [2.24, 2.45) is 0 Å². The lowest BCUT2D eigenvalue weighted by molar-refractivity contribution is -0.385. The van der Waals surface area contributed by atoms with Crippen LogP contribution in [-0.4, -0.2) is 30.6 Å². The molecule has 0 radical (unpaired) electrons. The van der Waals surface area contributed by atoms with E-state index in [0.717, 1.165) is 25.7 Å². The Bertz CT molecular complexity index is 630. The van der Waals surface area contributed by atoms with Crippen molar-refractivity contribution < 1.29 is 28.7 Å². The van der Waals surface area contributed by atoms with Crippen LogP contribution in [0.2, 0.25) is 0 Å². The molecule has 27 heavy (non-hydrogen) atoms. The number of hydrogen-bond donors (Lipinski definition) is 0. The normalized spacial score (nSPS) is 10.3. The van der Waals surface area contributed by atoms with E-state index in [1.54, 1.807) is 6.07 Å². The van der Waals surface area contributed by atoms with Gasteiger partial charge in [-0.25, -0.2) is 0 Å². The minimum absolute atomic E-state index is 0.0451. The Balaban J connectivity index is 2.28. The summed E-state index contributed by atoms with van der Waals surface area (Å²) in [5, 5.41) is 11.0. The molecular weight excluding hydrogens is 354 g/mol. The van der Waals surface area contributed by atoms with Crippen LogP contribution in [0.1, 0.15) is 57.4 Å². The van der Waals surface area contributed by atoms with Crippen molar-refractivity contribution in [2.75, 3.05) is 13.7 Å². The predicted molar refractivity (Wildman–Crippen MR) is 98.4 cm³/mol. The molecule has 0 heterocycles. The van der Waals surface area contributed by atoms with Gasteiger partial charge in [0.2, 0.25) is 0 Å². The van der Waals surface area contributed by atoms with Crippen LogP contribution in [0.5, 0.6) is 5.75 Å². The van der Waals surface area contributed by atoms with Crippen molar-refractivity contribution in [1.29, 1.82) is 0 Å². The van der Waals surface area contributed by atoms with Crippen molar-refractivity contribution in [3.05, 3.63) is 33.9 Å². The molecule has 0 saturated heterocycles. The number of methoxy groups -OCH3 is 1. The van der Waals surface area contributed by atoms with Crippen molar-refractivity contribution in [1.82, 2.24) is 0 Å². The van der Waals surface area contributed by atoms with Gasteiger partial charge in [0.1, 0.15) is 6.61 Å². The molecule has 0 aliphatic rings. The highest BCUT2D eigenvalue weighted by atomic mass is 16.6. The molecule has 1 aromatic rings. The van der Waals surface area contributed by atoms with E-state index < -0.39 is 16.9 Å². The summed E-state index contributed by atoms with van der Waals surface area (Å²) >= 11 is 0. The summed E-state index contributed by atoms with van der Waals surface area (Å²) in [6.45, 7) is 2.39. The highest BCUT2D eigenvalue weighted by Crippen LogP contribution is 2.27. The van der Waals surface area contributed by atoms with E-state index >= 15 is 0 Å².